The van der Waals surface area contributed by atoms with Crippen molar-refractivity contribution in [2.75, 3.05) is 26.9 Å². The fraction of sp³-hybridized carbons (Fsp3) is 0.562. The lowest BCUT2D eigenvalue weighted by Gasteiger charge is -2.19. The summed E-state index contributed by atoms with van der Waals surface area (Å²) in [5.74, 6) is 0.445. The normalized spacial score (nSPS) is 12.2. The van der Waals surface area contributed by atoms with Crippen LogP contribution in [0.2, 0.25) is 0 Å². The van der Waals surface area contributed by atoms with Crippen molar-refractivity contribution in [1.29, 1.82) is 0 Å². The van der Waals surface area contributed by atoms with E-state index in [1.54, 1.807) is 14.0 Å². The molecule has 1 atom stereocenters. The number of rotatable bonds is 9. The molecule has 1 unspecified atom stereocenters. The third-order valence-corrected chi connectivity index (χ3v) is 2.74. The van der Waals surface area contributed by atoms with Gasteiger partial charge in [0.25, 0.3) is 0 Å². The predicted molar refractivity (Wildman–Crippen MR) is 81.5 cm³/mol. The molecular weight excluding hydrogens is 270 g/mol. The number of carbonyl (C=O) groups is 1. The largest absolute Gasteiger partial charge is 0.491 e. The molecule has 0 saturated carbocycles. The molecule has 1 aromatic carbocycles. The molecular formula is C16H25NO4. The topological polar surface area (TPSA) is 56.8 Å². The summed E-state index contributed by atoms with van der Waals surface area (Å²) in [6, 6.07) is 6.98. The fourth-order valence-electron chi connectivity index (χ4n) is 1.91. The van der Waals surface area contributed by atoms with Crippen molar-refractivity contribution < 1.29 is 19.0 Å². The number of benzene rings is 1. The lowest BCUT2D eigenvalue weighted by molar-refractivity contribution is -0.145. The summed E-state index contributed by atoms with van der Waals surface area (Å²) in [6.07, 6.45) is 0.0859. The molecule has 0 saturated heterocycles. The Hall–Kier alpha value is -1.59. The molecule has 0 fully saturated rings. The average Bonchev–Trinajstić information content (AvgIpc) is 2.43. The van der Waals surface area contributed by atoms with Crippen LogP contribution in [0.1, 0.15) is 32.4 Å². The summed E-state index contributed by atoms with van der Waals surface area (Å²) in [7, 11) is 1.62. The van der Waals surface area contributed by atoms with E-state index >= 15 is 0 Å². The van der Waals surface area contributed by atoms with Crippen LogP contribution in [0.4, 0.5) is 0 Å². The molecule has 1 rings (SSSR count). The minimum absolute atomic E-state index is 0.0859. The minimum Gasteiger partial charge on any atom is -0.491 e. The number of esters is 1. The molecule has 0 radical (unpaired) electrons. The second-order valence-electron chi connectivity index (χ2n) is 4.87. The van der Waals surface area contributed by atoms with E-state index in [4.69, 9.17) is 14.2 Å². The van der Waals surface area contributed by atoms with Gasteiger partial charge in [0, 0.05) is 13.7 Å². The van der Waals surface area contributed by atoms with Gasteiger partial charge in [0.05, 0.1) is 19.3 Å². The van der Waals surface area contributed by atoms with Crippen LogP contribution in [-0.4, -0.2) is 38.9 Å². The first kappa shape index (κ1) is 17.5. The smallest absolute Gasteiger partial charge is 0.327 e. The Morgan fingerprint density at radius 1 is 1.33 bits per heavy atom. The van der Waals surface area contributed by atoms with E-state index in [9.17, 15) is 4.79 Å². The first-order valence-electron chi connectivity index (χ1n) is 7.24. The van der Waals surface area contributed by atoms with Crippen molar-refractivity contribution in [3.8, 4) is 5.75 Å². The van der Waals surface area contributed by atoms with Crippen molar-refractivity contribution in [2.24, 2.45) is 0 Å². The molecule has 0 spiro atoms. The highest BCUT2D eigenvalue weighted by Gasteiger charge is 2.21. The van der Waals surface area contributed by atoms with Crippen LogP contribution in [0.5, 0.6) is 5.75 Å². The molecule has 0 amide bonds. The second-order valence-corrected chi connectivity index (χ2v) is 4.87. The molecule has 0 aromatic heterocycles. The third-order valence-electron chi connectivity index (χ3n) is 2.74. The standard InChI is InChI=1S/C16H25NO4/c1-5-20-16(18)15(17-9-10-19-4)13-7-6-8-14(11-13)21-12(2)3/h6-8,11-12,15,17H,5,9-10H2,1-4H3. The maximum Gasteiger partial charge on any atom is 0.327 e. The summed E-state index contributed by atoms with van der Waals surface area (Å²) in [6.45, 7) is 7.16. The first-order valence-corrected chi connectivity index (χ1v) is 7.24. The van der Waals surface area contributed by atoms with Gasteiger partial charge in [-0.3, -0.25) is 5.32 Å². The Morgan fingerprint density at radius 2 is 2.10 bits per heavy atom. The zero-order valence-electron chi connectivity index (χ0n) is 13.2. The van der Waals surface area contributed by atoms with E-state index < -0.39 is 6.04 Å². The van der Waals surface area contributed by atoms with Crippen LogP contribution in [0.25, 0.3) is 0 Å². The van der Waals surface area contributed by atoms with Crippen LogP contribution >= 0.6 is 0 Å². The number of ether oxygens (including phenoxy) is 3. The molecule has 0 aliphatic rings. The van der Waals surface area contributed by atoms with Crippen molar-refractivity contribution in [3.05, 3.63) is 29.8 Å². The zero-order valence-corrected chi connectivity index (χ0v) is 13.2. The number of carbonyl (C=O) groups excluding carboxylic acids is 1. The van der Waals surface area contributed by atoms with Gasteiger partial charge >= 0.3 is 5.97 Å². The maximum atomic E-state index is 12.1. The van der Waals surface area contributed by atoms with Gasteiger partial charge in [-0.1, -0.05) is 12.1 Å². The Morgan fingerprint density at radius 3 is 2.71 bits per heavy atom. The van der Waals surface area contributed by atoms with Gasteiger partial charge in [-0.05, 0) is 38.5 Å². The lowest BCUT2D eigenvalue weighted by atomic mass is 10.1. The predicted octanol–water partition coefficient (Wildman–Crippen LogP) is 2.31. The highest BCUT2D eigenvalue weighted by molar-refractivity contribution is 5.77. The lowest BCUT2D eigenvalue weighted by Crippen LogP contribution is -2.32. The summed E-state index contributed by atoms with van der Waals surface area (Å²) in [5, 5.41) is 3.15. The van der Waals surface area contributed by atoms with Crippen LogP contribution in [0, 0.1) is 0 Å². The summed E-state index contributed by atoms with van der Waals surface area (Å²) < 4.78 is 15.8. The van der Waals surface area contributed by atoms with E-state index in [-0.39, 0.29) is 12.1 Å². The van der Waals surface area contributed by atoms with Crippen molar-refractivity contribution in [3.63, 3.8) is 0 Å². The monoisotopic (exact) mass is 295 g/mol. The van der Waals surface area contributed by atoms with E-state index in [0.717, 1.165) is 11.3 Å². The number of methoxy groups -OCH3 is 1. The van der Waals surface area contributed by atoms with E-state index in [0.29, 0.717) is 19.8 Å². The highest BCUT2D eigenvalue weighted by atomic mass is 16.5. The number of nitrogens with one attached hydrogen (secondary N) is 1. The Kier molecular flexibility index (Phi) is 7.79. The zero-order chi connectivity index (χ0) is 15.7. The molecule has 5 nitrogen and oxygen atoms in total. The van der Waals surface area contributed by atoms with Crippen molar-refractivity contribution in [1.82, 2.24) is 5.32 Å². The molecule has 0 aliphatic carbocycles. The molecule has 118 valence electrons. The van der Waals surface area contributed by atoms with Gasteiger partial charge in [-0.25, -0.2) is 4.79 Å². The van der Waals surface area contributed by atoms with Gasteiger partial charge in [-0.15, -0.1) is 0 Å². The van der Waals surface area contributed by atoms with Gasteiger partial charge in [-0.2, -0.15) is 0 Å². The Bertz CT molecular complexity index is 434. The molecule has 0 aliphatic heterocycles. The van der Waals surface area contributed by atoms with Crippen molar-refractivity contribution in [2.45, 2.75) is 32.9 Å². The van der Waals surface area contributed by atoms with Crippen LogP contribution in [-0.2, 0) is 14.3 Å². The van der Waals surface area contributed by atoms with Gasteiger partial charge in [0.15, 0.2) is 0 Å². The summed E-state index contributed by atoms with van der Waals surface area (Å²) in [4.78, 5) is 12.1. The van der Waals surface area contributed by atoms with Gasteiger partial charge < -0.3 is 14.2 Å². The number of hydrogen-bond acceptors (Lipinski definition) is 5. The van der Waals surface area contributed by atoms with Gasteiger partial charge in [0.2, 0.25) is 0 Å². The number of hydrogen-bond donors (Lipinski definition) is 1. The third kappa shape index (κ3) is 6.14. The maximum absolute atomic E-state index is 12.1. The highest BCUT2D eigenvalue weighted by Crippen LogP contribution is 2.21. The first-order chi connectivity index (χ1) is 10.1. The van der Waals surface area contributed by atoms with Crippen LogP contribution in [0.3, 0.4) is 0 Å². The van der Waals surface area contributed by atoms with Gasteiger partial charge in [0.1, 0.15) is 11.8 Å². The van der Waals surface area contributed by atoms with E-state index in [1.807, 2.05) is 38.1 Å². The SMILES string of the molecule is CCOC(=O)C(NCCOC)c1cccc(OC(C)C)c1. The summed E-state index contributed by atoms with van der Waals surface area (Å²) in [5.41, 5.74) is 0.822. The van der Waals surface area contributed by atoms with E-state index in [1.165, 1.54) is 0 Å². The van der Waals surface area contributed by atoms with Crippen molar-refractivity contribution >= 4 is 5.97 Å². The Balaban J connectivity index is 2.87. The van der Waals surface area contributed by atoms with Crippen LogP contribution in [0.15, 0.2) is 24.3 Å². The molecule has 5 heteroatoms. The molecule has 0 bridgehead atoms. The fourth-order valence-corrected chi connectivity index (χ4v) is 1.91. The molecule has 0 heterocycles. The Labute approximate surface area is 126 Å². The minimum atomic E-state index is -0.518. The van der Waals surface area contributed by atoms with Crippen LogP contribution < -0.4 is 10.1 Å². The van der Waals surface area contributed by atoms with E-state index in [2.05, 4.69) is 5.32 Å². The second kappa shape index (κ2) is 9.37. The molecule has 1 aromatic rings. The average molecular weight is 295 g/mol. The molecule has 21 heavy (non-hydrogen) atoms. The quantitative estimate of drug-likeness (QED) is 0.559. The molecule has 1 N–H and O–H groups in total. The summed E-state index contributed by atoms with van der Waals surface area (Å²) >= 11 is 0.